The van der Waals surface area contributed by atoms with Crippen LogP contribution >= 0.6 is 0 Å². The van der Waals surface area contributed by atoms with Gasteiger partial charge < -0.3 is 4.74 Å². The number of hydrogen-bond donors (Lipinski definition) is 0. The molecule has 20 heavy (non-hydrogen) atoms. The third-order valence-electron chi connectivity index (χ3n) is 4.83. The molecule has 1 aliphatic carbocycles. The molecule has 0 saturated carbocycles. The van der Waals surface area contributed by atoms with Crippen molar-refractivity contribution < 1.29 is 9.53 Å². The van der Waals surface area contributed by atoms with Crippen molar-refractivity contribution in [2.45, 2.75) is 59.5 Å². The van der Waals surface area contributed by atoms with Gasteiger partial charge in [0, 0.05) is 5.92 Å². The van der Waals surface area contributed by atoms with E-state index in [0.717, 1.165) is 19.3 Å². The van der Waals surface area contributed by atoms with E-state index in [1.165, 1.54) is 11.1 Å². The Morgan fingerprint density at radius 3 is 2.10 bits per heavy atom. The summed E-state index contributed by atoms with van der Waals surface area (Å²) >= 11 is 0. The Bertz CT molecular complexity index is 475. The highest BCUT2D eigenvalue weighted by Crippen LogP contribution is 2.37. The van der Waals surface area contributed by atoms with Gasteiger partial charge in [0.15, 0.2) is 0 Å². The lowest BCUT2D eigenvalue weighted by molar-refractivity contribution is -0.172. The first-order valence-electron chi connectivity index (χ1n) is 7.56. The lowest BCUT2D eigenvalue weighted by Crippen LogP contribution is -2.41. The highest BCUT2D eigenvalue weighted by atomic mass is 16.6. The average molecular weight is 274 g/mol. The molecule has 0 N–H and O–H groups in total. The van der Waals surface area contributed by atoms with Gasteiger partial charge in [0.05, 0.1) is 5.41 Å². The molecule has 0 aromatic heterocycles. The molecule has 2 heteroatoms. The first kappa shape index (κ1) is 15.1. The quantitative estimate of drug-likeness (QED) is 0.771. The highest BCUT2D eigenvalue weighted by Gasteiger charge is 2.40. The van der Waals surface area contributed by atoms with E-state index in [1.807, 2.05) is 34.6 Å². The minimum atomic E-state index is -0.414. The van der Waals surface area contributed by atoms with E-state index in [2.05, 4.69) is 24.3 Å². The standard InChI is InChI=1S/C18H26O2/c1-6-17(2,3)16(19)20-18(4,5)15-11-13-9-7-8-10-14(13)12-15/h7-10,15H,6,11-12H2,1-5H3. The largest absolute Gasteiger partial charge is 0.459 e. The van der Waals surface area contributed by atoms with Crippen LogP contribution in [0.5, 0.6) is 0 Å². The van der Waals surface area contributed by atoms with Crippen LogP contribution in [-0.4, -0.2) is 11.6 Å². The minimum Gasteiger partial charge on any atom is -0.459 e. The van der Waals surface area contributed by atoms with Crippen LogP contribution in [0.3, 0.4) is 0 Å². The van der Waals surface area contributed by atoms with E-state index >= 15 is 0 Å². The monoisotopic (exact) mass is 274 g/mol. The summed E-state index contributed by atoms with van der Waals surface area (Å²) in [6.07, 6.45) is 2.80. The van der Waals surface area contributed by atoms with E-state index in [1.54, 1.807) is 0 Å². The van der Waals surface area contributed by atoms with Crippen molar-refractivity contribution in [3.8, 4) is 0 Å². The SMILES string of the molecule is CCC(C)(C)C(=O)OC(C)(C)C1Cc2ccccc2C1. The van der Waals surface area contributed by atoms with Crippen molar-refractivity contribution in [1.82, 2.24) is 0 Å². The molecule has 1 aliphatic rings. The number of rotatable bonds is 4. The summed E-state index contributed by atoms with van der Waals surface area (Å²) in [6.45, 7) is 10.0. The lowest BCUT2D eigenvalue weighted by Gasteiger charge is -2.34. The fraction of sp³-hybridized carbons (Fsp3) is 0.611. The zero-order chi connectivity index (χ0) is 15.0. The van der Waals surface area contributed by atoms with Gasteiger partial charge in [-0.15, -0.1) is 0 Å². The van der Waals surface area contributed by atoms with Gasteiger partial charge in [-0.2, -0.15) is 0 Å². The van der Waals surface area contributed by atoms with Gasteiger partial charge in [-0.25, -0.2) is 0 Å². The first-order valence-corrected chi connectivity index (χ1v) is 7.56. The number of carbonyl (C=O) groups is 1. The van der Waals surface area contributed by atoms with Crippen LogP contribution in [-0.2, 0) is 22.4 Å². The molecule has 0 unspecified atom stereocenters. The fourth-order valence-electron chi connectivity index (χ4n) is 2.66. The number of carbonyl (C=O) groups excluding carboxylic acids is 1. The van der Waals surface area contributed by atoms with Crippen molar-refractivity contribution in [1.29, 1.82) is 0 Å². The van der Waals surface area contributed by atoms with Crippen LogP contribution in [0.2, 0.25) is 0 Å². The summed E-state index contributed by atoms with van der Waals surface area (Å²) in [6, 6.07) is 8.53. The Kier molecular flexibility index (Phi) is 3.95. The summed E-state index contributed by atoms with van der Waals surface area (Å²) < 4.78 is 5.87. The number of fused-ring (bicyclic) bond motifs is 1. The van der Waals surface area contributed by atoms with Crippen molar-refractivity contribution in [3.05, 3.63) is 35.4 Å². The van der Waals surface area contributed by atoms with Crippen molar-refractivity contribution in [3.63, 3.8) is 0 Å². The number of esters is 1. The van der Waals surface area contributed by atoms with E-state index < -0.39 is 11.0 Å². The van der Waals surface area contributed by atoms with Crippen LogP contribution in [0.4, 0.5) is 0 Å². The normalized spacial score (nSPS) is 16.1. The van der Waals surface area contributed by atoms with Gasteiger partial charge in [-0.05, 0) is 58.1 Å². The molecule has 2 nitrogen and oxygen atoms in total. The Hall–Kier alpha value is -1.31. The average Bonchev–Trinajstić information content (AvgIpc) is 2.82. The summed E-state index contributed by atoms with van der Waals surface area (Å²) in [5.74, 6) is 0.289. The predicted octanol–water partition coefficient (Wildman–Crippen LogP) is 4.16. The van der Waals surface area contributed by atoms with Crippen LogP contribution < -0.4 is 0 Å². The second kappa shape index (κ2) is 5.23. The second-order valence-electron chi connectivity index (χ2n) is 7.10. The number of hydrogen-bond acceptors (Lipinski definition) is 2. The maximum atomic E-state index is 12.3. The van der Waals surface area contributed by atoms with Gasteiger partial charge in [-0.3, -0.25) is 4.79 Å². The Labute approximate surface area is 122 Å². The maximum Gasteiger partial charge on any atom is 0.312 e. The zero-order valence-corrected chi connectivity index (χ0v) is 13.3. The third kappa shape index (κ3) is 2.89. The molecule has 0 radical (unpaired) electrons. The van der Waals surface area contributed by atoms with Gasteiger partial charge in [0.2, 0.25) is 0 Å². The summed E-state index contributed by atoms with van der Waals surface area (Å²) in [5, 5.41) is 0. The Morgan fingerprint density at radius 1 is 1.15 bits per heavy atom. The molecular formula is C18H26O2. The zero-order valence-electron chi connectivity index (χ0n) is 13.3. The van der Waals surface area contributed by atoms with Crippen LogP contribution in [0.1, 0.15) is 52.2 Å². The van der Waals surface area contributed by atoms with E-state index in [-0.39, 0.29) is 5.97 Å². The Morgan fingerprint density at radius 2 is 1.65 bits per heavy atom. The first-order chi connectivity index (χ1) is 9.26. The van der Waals surface area contributed by atoms with E-state index in [4.69, 9.17) is 4.74 Å². The molecule has 110 valence electrons. The molecular weight excluding hydrogens is 248 g/mol. The van der Waals surface area contributed by atoms with Crippen molar-refractivity contribution in [2.75, 3.05) is 0 Å². The van der Waals surface area contributed by atoms with Gasteiger partial charge in [0.25, 0.3) is 0 Å². The fourth-order valence-corrected chi connectivity index (χ4v) is 2.66. The van der Waals surface area contributed by atoms with E-state index in [0.29, 0.717) is 5.92 Å². The predicted molar refractivity (Wildman–Crippen MR) is 81.6 cm³/mol. The Balaban J connectivity index is 2.08. The maximum absolute atomic E-state index is 12.3. The van der Waals surface area contributed by atoms with Crippen LogP contribution in [0.25, 0.3) is 0 Å². The van der Waals surface area contributed by atoms with Crippen LogP contribution in [0, 0.1) is 11.3 Å². The molecule has 0 atom stereocenters. The molecule has 0 amide bonds. The van der Waals surface area contributed by atoms with Gasteiger partial charge in [-0.1, -0.05) is 31.2 Å². The third-order valence-corrected chi connectivity index (χ3v) is 4.83. The summed E-state index contributed by atoms with van der Waals surface area (Å²) in [7, 11) is 0. The second-order valence-corrected chi connectivity index (χ2v) is 7.10. The molecule has 2 rings (SSSR count). The molecule has 1 aromatic rings. The minimum absolute atomic E-state index is 0.0824. The highest BCUT2D eigenvalue weighted by molar-refractivity contribution is 5.76. The molecule has 0 bridgehead atoms. The number of ether oxygens (including phenoxy) is 1. The molecule has 0 saturated heterocycles. The van der Waals surface area contributed by atoms with Gasteiger partial charge in [0.1, 0.15) is 5.60 Å². The van der Waals surface area contributed by atoms with Crippen LogP contribution in [0.15, 0.2) is 24.3 Å². The van der Waals surface area contributed by atoms with Gasteiger partial charge >= 0.3 is 5.97 Å². The van der Waals surface area contributed by atoms with E-state index in [9.17, 15) is 4.79 Å². The number of benzene rings is 1. The van der Waals surface area contributed by atoms with Crippen molar-refractivity contribution >= 4 is 5.97 Å². The topological polar surface area (TPSA) is 26.3 Å². The summed E-state index contributed by atoms with van der Waals surface area (Å²) in [5.41, 5.74) is 1.98. The molecule has 0 aliphatic heterocycles. The molecule has 0 fully saturated rings. The molecule has 0 heterocycles. The van der Waals surface area contributed by atoms with Crippen molar-refractivity contribution in [2.24, 2.45) is 11.3 Å². The molecule has 1 aromatic carbocycles. The lowest BCUT2D eigenvalue weighted by atomic mass is 9.86. The summed E-state index contributed by atoms with van der Waals surface area (Å²) in [4.78, 5) is 12.3. The molecule has 0 spiro atoms. The smallest absolute Gasteiger partial charge is 0.312 e.